The van der Waals surface area contributed by atoms with Gasteiger partial charge < -0.3 is 18.6 Å². The first kappa shape index (κ1) is 22.6. The second kappa shape index (κ2) is 10.4. The van der Waals surface area contributed by atoms with Crippen LogP contribution in [0.1, 0.15) is 47.5 Å². The van der Waals surface area contributed by atoms with Gasteiger partial charge in [0.1, 0.15) is 5.67 Å². The van der Waals surface area contributed by atoms with Crippen LogP contribution >= 0.6 is 0 Å². The molecule has 0 saturated heterocycles. The summed E-state index contributed by atoms with van der Waals surface area (Å²) in [6.45, 7) is 10.1. The standard InChI is InChI=1S/C16H25NO7Si/c1-7-9-10-11(3)16(21)17-15(8-2)25(22-12(4)18,23-13(5)19)24-14(6)20/h7,10,15H,1,8-9H2,2-6H3,(H,17,21)/b11-10+. The molecule has 0 radical (unpaired) electrons. The summed E-state index contributed by atoms with van der Waals surface area (Å²) in [6.07, 6.45) is 3.99. The molecule has 1 N–H and O–H groups in total. The molecule has 0 rings (SSSR count). The first-order valence-electron chi connectivity index (χ1n) is 7.75. The zero-order valence-electron chi connectivity index (χ0n) is 15.2. The quantitative estimate of drug-likeness (QED) is 0.372. The molecule has 0 aliphatic heterocycles. The van der Waals surface area contributed by atoms with Crippen LogP contribution < -0.4 is 5.32 Å². The summed E-state index contributed by atoms with van der Waals surface area (Å²) < 4.78 is 15.4. The van der Waals surface area contributed by atoms with E-state index in [-0.39, 0.29) is 6.42 Å². The van der Waals surface area contributed by atoms with Crippen LogP contribution in [-0.2, 0) is 32.5 Å². The fraction of sp³-hybridized carbons (Fsp3) is 0.500. The first-order valence-corrected chi connectivity index (χ1v) is 9.55. The average Bonchev–Trinajstić information content (AvgIpc) is 2.47. The summed E-state index contributed by atoms with van der Waals surface area (Å²) in [5, 5.41) is 2.62. The van der Waals surface area contributed by atoms with Crippen molar-refractivity contribution in [3.05, 3.63) is 24.3 Å². The lowest BCUT2D eigenvalue weighted by Gasteiger charge is -2.32. The second-order valence-electron chi connectivity index (χ2n) is 5.23. The van der Waals surface area contributed by atoms with Gasteiger partial charge in [-0.15, -0.1) is 6.58 Å². The van der Waals surface area contributed by atoms with Gasteiger partial charge in [0.2, 0.25) is 5.91 Å². The molecule has 0 spiro atoms. The highest BCUT2D eigenvalue weighted by Crippen LogP contribution is 2.19. The number of carbonyl (C=O) groups excluding carboxylic acids is 4. The molecule has 1 unspecified atom stereocenters. The lowest BCUT2D eigenvalue weighted by Crippen LogP contribution is -2.64. The number of hydrogen-bond donors (Lipinski definition) is 1. The van der Waals surface area contributed by atoms with Crippen molar-refractivity contribution in [1.29, 1.82) is 0 Å². The largest absolute Gasteiger partial charge is 0.728 e. The van der Waals surface area contributed by atoms with Crippen molar-refractivity contribution >= 4 is 32.6 Å². The summed E-state index contributed by atoms with van der Waals surface area (Å²) in [5.74, 6) is -2.83. The Morgan fingerprint density at radius 2 is 1.44 bits per heavy atom. The third kappa shape index (κ3) is 7.79. The van der Waals surface area contributed by atoms with Crippen molar-refractivity contribution in [3.63, 3.8) is 0 Å². The van der Waals surface area contributed by atoms with Gasteiger partial charge in [-0.25, -0.2) is 0 Å². The zero-order valence-corrected chi connectivity index (χ0v) is 16.2. The van der Waals surface area contributed by atoms with E-state index in [0.29, 0.717) is 12.0 Å². The monoisotopic (exact) mass is 371 g/mol. The van der Waals surface area contributed by atoms with Gasteiger partial charge in [0.05, 0.1) is 0 Å². The molecule has 0 aliphatic rings. The van der Waals surface area contributed by atoms with Gasteiger partial charge >= 0.3 is 8.80 Å². The van der Waals surface area contributed by atoms with Crippen LogP contribution in [0.4, 0.5) is 0 Å². The Balaban J connectivity index is 5.76. The Morgan fingerprint density at radius 3 is 1.76 bits per heavy atom. The minimum absolute atomic E-state index is 0.209. The first-order chi connectivity index (χ1) is 11.6. The number of allylic oxidation sites excluding steroid dienone is 2. The maximum absolute atomic E-state index is 12.3. The maximum Gasteiger partial charge on any atom is 0.728 e. The molecule has 140 valence electrons. The molecule has 1 atom stereocenters. The molecule has 0 saturated carbocycles. The molecule has 0 aromatic heterocycles. The number of nitrogens with one attached hydrogen (secondary N) is 1. The van der Waals surface area contributed by atoms with Gasteiger partial charge in [-0.2, -0.15) is 0 Å². The van der Waals surface area contributed by atoms with Crippen molar-refractivity contribution in [2.45, 2.75) is 53.1 Å². The molecule has 0 bridgehead atoms. The Kier molecular flexibility index (Phi) is 9.43. The number of carbonyl (C=O) groups is 4. The highest BCUT2D eigenvalue weighted by Gasteiger charge is 2.59. The highest BCUT2D eigenvalue weighted by atomic mass is 28.4. The molecular weight excluding hydrogens is 346 g/mol. The second-order valence-corrected chi connectivity index (χ2v) is 7.75. The van der Waals surface area contributed by atoms with Crippen molar-refractivity contribution in [3.8, 4) is 0 Å². The molecule has 0 aliphatic carbocycles. The van der Waals surface area contributed by atoms with Gasteiger partial charge in [-0.1, -0.05) is 19.1 Å². The molecule has 8 nitrogen and oxygen atoms in total. The Morgan fingerprint density at radius 1 is 1.00 bits per heavy atom. The van der Waals surface area contributed by atoms with E-state index in [4.69, 9.17) is 13.3 Å². The normalized spacial score (nSPS) is 12.6. The predicted molar refractivity (Wildman–Crippen MR) is 91.8 cm³/mol. The number of hydrogen-bond acceptors (Lipinski definition) is 7. The predicted octanol–water partition coefficient (Wildman–Crippen LogP) is 1.57. The molecule has 0 aromatic rings. The van der Waals surface area contributed by atoms with Crippen LogP contribution in [0.3, 0.4) is 0 Å². The minimum atomic E-state index is -4.18. The topological polar surface area (TPSA) is 108 Å². The van der Waals surface area contributed by atoms with Crippen LogP contribution in [0.5, 0.6) is 0 Å². The summed E-state index contributed by atoms with van der Waals surface area (Å²) in [7, 11) is -4.18. The van der Waals surface area contributed by atoms with Crippen molar-refractivity contribution in [2.24, 2.45) is 0 Å². The van der Waals surface area contributed by atoms with Gasteiger partial charge in [-0.3, -0.25) is 19.2 Å². The van der Waals surface area contributed by atoms with Gasteiger partial charge in [0, 0.05) is 26.3 Å². The maximum atomic E-state index is 12.3. The van der Waals surface area contributed by atoms with E-state index < -0.39 is 38.3 Å². The molecule has 25 heavy (non-hydrogen) atoms. The lowest BCUT2D eigenvalue weighted by molar-refractivity contribution is -0.149. The molecule has 0 heterocycles. The van der Waals surface area contributed by atoms with Crippen LogP contribution in [0.2, 0.25) is 0 Å². The van der Waals surface area contributed by atoms with E-state index in [9.17, 15) is 19.2 Å². The number of rotatable bonds is 9. The molecule has 9 heteroatoms. The summed E-state index contributed by atoms with van der Waals surface area (Å²) in [5.41, 5.74) is -0.571. The van der Waals surface area contributed by atoms with Crippen molar-refractivity contribution in [2.75, 3.05) is 0 Å². The Hall–Kier alpha value is -2.42. The third-order valence-electron chi connectivity index (χ3n) is 2.95. The summed E-state index contributed by atoms with van der Waals surface area (Å²) >= 11 is 0. The Labute approximate surface area is 148 Å². The highest BCUT2D eigenvalue weighted by molar-refractivity contribution is 6.67. The summed E-state index contributed by atoms with van der Waals surface area (Å²) in [4.78, 5) is 46.8. The van der Waals surface area contributed by atoms with Crippen LogP contribution in [0.25, 0.3) is 0 Å². The Bertz CT molecular complexity index is 530. The zero-order chi connectivity index (χ0) is 19.6. The average molecular weight is 371 g/mol. The van der Waals surface area contributed by atoms with Crippen molar-refractivity contribution in [1.82, 2.24) is 5.32 Å². The fourth-order valence-corrected chi connectivity index (χ4v) is 4.50. The van der Waals surface area contributed by atoms with E-state index in [0.717, 1.165) is 20.8 Å². The third-order valence-corrected chi connectivity index (χ3v) is 6.07. The van der Waals surface area contributed by atoms with Crippen LogP contribution in [0.15, 0.2) is 24.3 Å². The van der Waals surface area contributed by atoms with Crippen molar-refractivity contribution < 1.29 is 32.5 Å². The van der Waals surface area contributed by atoms with E-state index >= 15 is 0 Å². The number of amides is 1. The lowest BCUT2D eigenvalue weighted by atomic mass is 10.2. The van der Waals surface area contributed by atoms with Crippen LogP contribution in [0, 0.1) is 0 Å². The van der Waals surface area contributed by atoms with Crippen LogP contribution in [-0.4, -0.2) is 38.3 Å². The van der Waals surface area contributed by atoms with E-state index in [1.807, 2.05) is 0 Å². The molecule has 0 aromatic carbocycles. The minimum Gasteiger partial charge on any atom is -0.454 e. The summed E-state index contributed by atoms with van der Waals surface area (Å²) in [6, 6.07) is 0. The van der Waals surface area contributed by atoms with E-state index in [1.165, 1.54) is 0 Å². The van der Waals surface area contributed by atoms with E-state index in [1.54, 1.807) is 26.0 Å². The molecule has 0 fully saturated rings. The SMILES string of the molecule is C=CC/C=C(\C)C(=O)NC(CC)[Si](OC(C)=O)(OC(C)=O)OC(C)=O. The molecule has 1 amide bonds. The van der Waals surface area contributed by atoms with Gasteiger partial charge in [0.15, 0.2) is 0 Å². The smallest absolute Gasteiger partial charge is 0.454 e. The fourth-order valence-electron chi connectivity index (χ4n) is 1.94. The van der Waals surface area contributed by atoms with Gasteiger partial charge in [-0.05, 0) is 19.8 Å². The van der Waals surface area contributed by atoms with Gasteiger partial charge in [0.25, 0.3) is 17.9 Å². The molecular formula is C16H25NO7Si. The van der Waals surface area contributed by atoms with E-state index in [2.05, 4.69) is 11.9 Å².